The molecule has 0 spiro atoms. The molecule has 0 radical (unpaired) electrons. The molecule has 1 unspecified atom stereocenters. The number of imide groups is 1. The number of hydrogen-bond acceptors (Lipinski definition) is 2. The van der Waals surface area contributed by atoms with Crippen molar-refractivity contribution in [2.24, 2.45) is 5.92 Å². The first-order valence-electron chi connectivity index (χ1n) is 5.77. The quantitative estimate of drug-likeness (QED) is 0.682. The van der Waals surface area contributed by atoms with E-state index in [1.165, 1.54) is 11.3 Å². The molecule has 1 aliphatic rings. The number of carbonyl (C=O) groups excluding carboxylic acids is 2. The van der Waals surface area contributed by atoms with Gasteiger partial charge in [0.1, 0.15) is 0 Å². The van der Waals surface area contributed by atoms with Crippen molar-refractivity contribution in [3.8, 4) is 0 Å². The van der Waals surface area contributed by atoms with Crippen LogP contribution in [0.5, 0.6) is 0 Å². The molecule has 0 aromatic rings. The molecule has 0 aromatic heterocycles. The van der Waals surface area contributed by atoms with Crippen molar-refractivity contribution in [2.45, 2.75) is 39.5 Å². The van der Waals surface area contributed by atoms with E-state index in [9.17, 15) is 9.59 Å². The average Bonchev–Trinajstić information content (AvgIpc) is 2.55. The number of amides is 3. The highest BCUT2D eigenvalue weighted by Crippen LogP contribution is 2.15. The van der Waals surface area contributed by atoms with Crippen molar-refractivity contribution in [1.82, 2.24) is 10.2 Å². The Balaban J connectivity index is 2.43. The summed E-state index contributed by atoms with van der Waals surface area (Å²) in [5.41, 5.74) is 0. The topological polar surface area (TPSA) is 49.4 Å². The van der Waals surface area contributed by atoms with E-state index in [1.807, 2.05) is 0 Å². The van der Waals surface area contributed by atoms with Crippen molar-refractivity contribution in [1.29, 1.82) is 0 Å². The predicted octanol–water partition coefficient (Wildman–Crippen LogP) is 1.75. The molecule has 3 amide bonds. The van der Waals surface area contributed by atoms with E-state index in [0.29, 0.717) is 12.5 Å². The Morgan fingerprint density at radius 3 is 2.60 bits per heavy atom. The summed E-state index contributed by atoms with van der Waals surface area (Å²) in [5, 5.41) is 2.54. The third-order valence-electron chi connectivity index (χ3n) is 2.92. The van der Waals surface area contributed by atoms with Crippen LogP contribution in [-0.4, -0.2) is 29.9 Å². The second-order valence-electron chi connectivity index (χ2n) is 4.08. The molecule has 1 atom stereocenters. The van der Waals surface area contributed by atoms with Gasteiger partial charge in [0.2, 0.25) is 5.91 Å². The fraction of sp³-hybridized carbons (Fsp3) is 0.818. The van der Waals surface area contributed by atoms with Crippen LogP contribution in [0.2, 0.25) is 0 Å². The Bertz CT molecular complexity index is 225. The van der Waals surface area contributed by atoms with Gasteiger partial charge in [0, 0.05) is 6.54 Å². The van der Waals surface area contributed by atoms with Gasteiger partial charge in [-0.2, -0.15) is 0 Å². The maximum atomic E-state index is 11.4. The van der Waals surface area contributed by atoms with E-state index in [-0.39, 0.29) is 18.5 Å². The Labute approximate surface area is 91.0 Å². The first-order chi connectivity index (χ1) is 7.19. The highest BCUT2D eigenvalue weighted by atomic mass is 16.2. The van der Waals surface area contributed by atoms with Crippen molar-refractivity contribution >= 4 is 11.9 Å². The first-order valence-corrected chi connectivity index (χ1v) is 5.77. The molecule has 0 saturated carbocycles. The standard InChI is InChI=1S/C11H20N2O2/c1-3-5-6-9(4-2)8-13-10(14)7-12-11(13)15/h9H,3-8H2,1-2H3,(H,12,15). The number of hydrogen-bond donors (Lipinski definition) is 1. The van der Waals surface area contributed by atoms with Crippen LogP contribution < -0.4 is 5.32 Å². The largest absolute Gasteiger partial charge is 0.329 e. The van der Waals surface area contributed by atoms with Gasteiger partial charge >= 0.3 is 6.03 Å². The molecule has 15 heavy (non-hydrogen) atoms. The number of nitrogens with zero attached hydrogens (tertiary/aromatic N) is 1. The summed E-state index contributed by atoms with van der Waals surface area (Å²) in [4.78, 5) is 24.0. The van der Waals surface area contributed by atoms with Gasteiger partial charge in [-0.3, -0.25) is 9.69 Å². The molecule has 1 heterocycles. The van der Waals surface area contributed by atoms with Gasteiger partial charge in [0.25, 0.3) is 0 Å². The molecule has 0 bridgehead atoms. The molecule has 4 heteroatoms. The molecule has 1 saturated heterocycles. The lowest BCUT2D eigenvalue weighted by atomic mass is 9.99. The van der Waals surface area contributed by atoms with Gasteiger partial charge in [-0.1, -0.05) is 33.1 Å². The summed E-state index contributed by atoms with van der Waals surface area (Å²) in [5.74, 6) is 0.368. The second-order valence-corrected chi connectivity index (χ2v) is 4.08. The van der Waals surface area contributed by atoms with E-state index in [1.54, 1.807) is 0 Å². The number of unbranched alkanes of at least 4 members (excludes halogenated alkanes) is 1. The Hall–Kier alpha value is -1.06. The van der Waals surface area contributed by atoms with Gasteiger partial charge in [-0.05, 0) is 12.3 Å². The maximum absolute atomic E-state index is 11.4. The summed E-state index contributed by atoms with van der Waals surface area (Å²) in [6, 6.07) is -0.227. The normalized spacial score (nSPS) is 18.1. The third kappa shape index (κ3) is 3.22. The smallest absolute Gasteiger partial charge is 0.324 e. The SMILES string of the molecule is CCCCC(CC)CN1C(=O)CNC1=O. The van der Waals surface area contributed by atoms with Crippen molar-refractivity contribution in [3.63, 3.8) is 0 Å². The zero-order valence-corrected chi connectivity index (χ0v) is 9.58. The summed E-state index contributed by atoms with van der Waals surface area (Å²) in [6.45, 7) is 5.02. The third-order valence-corrected chi connectivity index (χ3v) is 2.92. The molecule has 1 fully saturated rings. The predicted molar refractivity (Wildman–Crippen MR) is 58.4 cm³/mol. The summed E-state index contributed by atoms with van der Waals surface area (Å²) in [6.07, 6.45) is 4.46. The van der Waals surface area contributed by atoms with Crippen LogP contribution in [0.3, 0.4) is 0 Å². The number of urea groups is 1. The Morgan fingerprint density at radius 2 is 2.13 bits per heavy atom. The van der Waals surface area contributed by atoms with Crippen molar-refractivity contribution in [3.05, 3.63) is 0 Å². The molecule has 86 valence electrons. The minimum Gasteiger partial charge on any atom is -0.329 e. The Kier molecular flexibility index (Phi) is 4.59. The molecule has 1 rings (SSSR count). The minimum atomic E-state index is -0.227. The fourth-order valence-electron chi connectivity index (χ4n) is 1.82. The van der Waals surface area contributed by atoms with Crippen molar-refractivity contribution < 1.29 is 9.59 Å². The molecular weight excluding hydrogens is 192 g/mol. The summed E-state index contributed by atoms with van der Waals surface area (Å²) < 4.78 is 0. The minimum absolute atomic E-state index is 0.0880. The molecule has 0 aromatic carbocycles. The van der Waals surface area contributed by atoms with Gasteiger partial charge < -0.3 is 5.32 Å². The monoisotopic (exact) mass is 212 g/mol. The van der Waals surface area contributed by atoms with E-state index >= 15 is 0 Å². The highest BCUT2D eigenvalue weighted by Gasteiger charge is 2.29. The molecule has 4 nitrogen and oxygen atoms in total. The molecule has 1 aliphatic heterocycles. The van der Waals surface area contributed by atoms with Crippen LogP contribution in [0.1, 0.15) is 39.5 Å². The second kappa shape index (κ2) is 5.73. The number of carbonyl (C=O) groups is 2. The van der Waals surface area contributed by atoms with Crippen LogP contribution in [0.15, 0.2) is 0 Å². The van der Waals surface area contributed by atoms with E-state index in [2.05, 4.69) is 19.2 Å². The average molecular weight is 212 g/mol. The van der Waals surface area contributed by atoms with Gasteiger partial charge in [0.05, 0.1) is 6.54 Å². The maximum Gasteiger partial charge on any atom is 0.324 e. The van der Waals surface area contributed by atoms with Crippen LogP contribution in [-0.2, 0) is 4.79 Å². The lowest BCUT2D eigenvalue weighted by molar-refractivity contribution is -0.125. The van der Waals surface area contributed by atoms with Gasteiger partial charge in [-0.15, -0.1) is 0 Å². The van der Waals surface area contributed by atoms with Gasteiger partial charge in [-0.25, -0.2) is 4.79 Å². The van der Waals surface area contributed by atoms with Crippen LogP contribution in [0, 0.1) is 5.92 Å². The van der Waals surface area contributed by atoms with E-state index < -0.39 is 0 Å². The molecular formula is C11H20N2O2. The summed E-state index contributed by atoms with van der Waals surface area (Å²) in [7, 11) is 0. The summed E-state index contributed by atoms with van der Waals surface area (Å²) >= 11 is 0. The lowest BCUT2D eigenvalue weighted by Crippen LogP contribution is -2.35. The highest BCUT2D eigenvalue weighted by molar-refractivity contribution is 6.01. The van der Waals surface area contributed by atoms with Crippen LogP contribution in [0.25, 0.3) is 0 Å². The zero-order chi connectivity index (χ0) is 11.3. The van der Waals surface area contributed by atoms with E-state index in [0.717, 1.165) is 19.3 Å². The van der Waals surface area contributed by atoms with E-state index in [4.69, 9.17) is 0 Å². The Morgan fingerprint density at radius 1 is 1.40 bits per heavy atom. The first kappa shape index (κ1) is 12.0. The van der Waals surface area contributed by atoms with Gasteiger partial charge in [0.15, 0.2) is 0 Å². The zero-order valence-electron chi connectivity index (χ0n) is 9.58. The van der Waals surface area contributed by atoms with Crippen LogP contribution in [0.4, 0.5) is 4.79 Å². The number of rotatable bonds is 6. The lowest BCUT2D eigenvalue weighted by Gasteiger charge is -2.20. The molecule has 1 N–H and O–H groups in total. The number of nitrogens with one attached hydrogen (secondary N) is 1. The van der Waals surface area contributed by atoms with Crippen molar-refractivity contribution in [2.75, 3.05) is 13.1 Å². The molecule has 0 aliphatic carbocycles. The fourth-order valence-corrected chi connectivity index (χ4v) is 1.82. The van der Waals surface area contributed by atoms with Crippen LogP contribution >= 0.6 is 0 Å².